The van der Waals surface area contributed by atoms with Crippen LogP contribution >= 0.6 is 0 Å². The lowest BCUT2D eigenvalue weighted by Gasteiger charge is -2.12. The molecular weight excluding hydrogens is 216 g/mol. The third-order valence-electron chi connectivity index (χ3n) is 3.17. The molecule has 1 aliphatic heterocycles. The van der Waals surface area contributed by atoms with Gasteiger partial charge in [0.15, 0.2) is 0 Å². The molecule has 5 heteroatoms. The third-order valence-corrected chi connectivity index (χ3v) is 3.17. The van der Waals surface area contributed by atoms with Crippen LogP contribution in [0.4, 0.5) is 11.8 Å². The molecule has 1 unspecified atom stereocenters. The summed E-state index contributed by atoms with van der Waals surface area (Å²) >= 11 is 0. The van der Waals surface area contributed by atoms with Gasteiger partial charge in [-0.05, 0) is 18.1 Å². The zero-order chi connectivity index (χ0) is 11.8. The Morgan fingerprint density at radius 1 is 1.24 bits per heavy atom. The monoisotopic (exact) mass is 230 g/mol. The maximum atomic E-state index is 5.95. The number of anilines is 2. The molecule has 3 rings (SSSR count). The SMILES string of the molecule is Nc1nc(N)c2c(C3CCOC3)cccc2n1. The van der Waals surface area contributed by atoms with E-state index < -0.39 is 0 Å². The van der Waals surface area contributed by atoms with E-state index in [9.17, 15) is 0 Å². The molecule has 4 N–H and O–H groups in total. The number of nitrogen functional groups attached to an aromatic ring is 2. The number of rotatable bonds is 1. The number of hydrogen-bond donors (Lipinski definition) is 2. The van der Waals surface area contributed by atoms with E-state index >= 15 is 0 Å². The minimum atomic E-state index is 0.217. The van der Waals surface area contributed by atoms with Crippen LogP contribution in [0.2, 0.25) is 0 Å². The van der Waals surface area contributed by atoms with Crippen molar-refractivity contribution >= 4 is 22.7 Å². The summed E-state index contributed by atoms with van der Waals surface area (Å²) in [7, 11) is 0. The summed E-state index contributed by atoms with van der Waals surface area (Å²) < 4.78 is 5.42. The first-order valence-electron chi connectivity index (χ1n) is 5.65. The standard InChI is InChI=1S/C12H14N4O/c13-11-10-8(7-4-5-17-6-7)2-1-3-9(10)15-12(14)16-11/h1-3,7H,4-6H2,(H4,13,14,15,16). The van der Waals surface area contributed by atoms with Crippen LogP contribution < -0.4 is 11.5 Å². The molecule has 0 radical (unpaired) electrons. The molecule has 0 spiro atoms. The molecule has 1 fully saturated rings. The van der Waals surface area contributed by atoms with E-state index in [1.165, 1.54) is 0 Å². The molecule has 5 nitrogen and oxygen atoms in total. The number of nitrogens with zero attached hydrogens (tertiary/aromatic N) is 2. The van der Waals surface area contributed by atoms with Crippen molar-refractivity contribution in [2.75, 3.05) is 24.7 Å². The normalized spacial score (nSPS) is 19.9. The highest BCUT2D eigenvalue weighted by Crippen LogP contribution is 2.33. The molecule has 17 heavy (non-hydrogen) atoms. The Kier molecular flexibility index (Phi) is 2.33. The highest BCUT2D eigenvalue weighted by atomic mass is 16.5. The van der Waals surface area contributed by atoms with Crippen LogP contribution in [0.25, 0.3) is 10.9 Å². The van der Waals surface area contributed by atoms with Gasteiger partial charge >= 0.3 is 0 Å². The molecule has 1 atom stereocenters. The van der Waals surface area contributed by atoms with Crippen molar-refractivity contribution in [3.05, 3.63) is 23.8 Å². The first kappa shape index (κ1) is 10.3. The lowest BCUT2D eigenvalue weighted by molar-refractivity contribution is 0.194. The summed E-state index contributed by atoms with van der Waals surface area (Å²) in [6.45, 7) is 1.54. The number of hydrogen-bond acceptors (Lipinski definition) is 5. The Hall–Kier alpha value is -1.88. The summed E-state index contributed by atoms with van der Waals surface area (Å²) in [6.07, 6.45) is 1.02. The molecule has 1 aromatic carbocycles. The topological polar surface area (TPSA) is 87.0 Å². The molecule has 0 bridgehead atoms. The first-order valence-corrected chi connectivity index (χ1v) is 5.65. The average molecular weight is 230 g/mol. The van der Waals surface area contributed by atoms with Crippen LogP contribution in [-0.2, 0) is 4.74 Å². The highest BCUT2D eigenvalue weighted by Gasteiger charge is 2.21. The zero-order valence-corrected chi connectivity index (χ0v) is 9.39. The fourth-order valence-corrected chi connectivity index (χ4v) is 2.38. The van der Waals surface area contributed by atoms with Gasteiger partial charge in [-0.3, -0.25) is 0 Å². The summed E-state index contributed by atoms with van der Waals surface area (Å²) in [5, 5.41) is 0.914. The lowest BCUT2D eigenvalue weighted by Crippen LogP contribution is -2.05. The molecule has 1 aromatic heterocycles. The van der Waals surface area contributed by atoms with Crippen molar-refractivity contribution in [3.8, 4) is 0 Å². The van der Waals surface area contributed by atoms with Gasteiger partial charge < -0.3 is 16.2 Å². The smallest absolute Gasteiger partial charge is 0.222 e. The van der Waals surface area contributed by atoms with Crippen molar-refractivity contribution in [2.24, 2.45) is 0 Å². The molecule has 0 saturated carbocycles. The number of fused-ring (bicyclic) bond motifs is 1. The average Bonchev–Trinajstić information content (AvgIpc) is 2.80. The number of aromatic nitrogens is 2. The molecule has 1 saturated heterocycles. The first-order chi connectivity index (χ1) is 8.25. The fraction of sp³-hybridized carbons (Fsp3) is 0.333. The largest absolute Gasteiger partial charge is 0.383 e. The Labute approximate surface area is 98.8 Å². The van der Waals surface area contributed by atoms with Crippen LogP contribution in [-0.4, -0.2) is 23.2 Å². The Morgan fingerprint density at radius 3 is 2.88 bits per heavy atom. The number of nitrogens with two attached hydrogens (primary N) is 2. The lowest BCUT2D eigenvalue weighted by atomic mass is 9.95. The van der Waals surface area contributed by atoms with Crippen LogP contribution in [0.5, 0.6) is 0 Å². The Morgan fingerprint density at radius 2 is 2.12 bits per heavy atom. The summed E-state index contributed by atoms with van der Waals surface area (Å²) in [5.74, 6) is 1.05. The minimum Gasteiger partial charge on any atom is -0.383 e. The highest BCUT2D eigenvalue weighted by molar-refractivity contribution is 5.92. The molecule has 0 aliphatic carbocycles. The van der Waals surface area contributed by atoms with Crippen molar-refractivity contribution in [1.29, 1.82) is 0 Å². The second-order valence-corrected chi connectivity index (χ2v) is 4.27. The van der Waals surface area contributed by atoms with E-state index in [0.717, 1.165) is 36.1 Å². The maximum absolute atomic E-state index is 5.95. The second kappa shape index (κ2) is 3.85. The van der Waals surface area contributed by atoms with Gasteiger partial charge in [0.05, 0.1) is 12.1 Å². The molecule has 2 aromatic rings. The van der Waals surface area contributed by atoms with Gasteiger partial charge in [-0.25, -0.2) is 4.98 Å². The van der Waals surface area contributed by atoms with Gasteiger partial charge in [0.1, 0.15) is 5.82 Å². The second-order valence-electron chi connectivity index (χ2n) is 4.27. The predicted molar refractivity (Wildman–Crippen MR) is 66.5 cm³/mol. The van der Waals surface area contributed by atoms with Gasteiger partial charge in [-0.2, -0.15) is 4.98 Å². The van der Waals surface area contributed by atoms with E-state index in [2.05, 4.69) is 16.0 Å². The Balaban J connectivity index is 2.24. The quantitative estimate of drug-likeness (QED) is 0.771. The van der Waals surface area contributed by atoms with Gasteiger partial charge in [-0.15, -0.1) is 0 Å². The van der Waals surface area contributed by atoms with Crippen LogP contribution in [0.3, 0.4) is 0 Å². The summed E-state index contributed by atoms with van der Waals surface area (Å²) in [5.41, 5.74) is 13.5. The maximum Gasteiger partial charge on any atom is 0.222 e. The van der Waals surface area contributed by atoms with Gasteiger partial charge in [-0.1, -0.05) is 12.1 Å². The van der Waals surface area contributed by atoms with Gasteiger partial charge in [0.25, 0.3) is 0 Å². The third kappa shape index (κ3) is 1.68. The fourth-order valence-electron chi connectivity index (χ4n) is 2.38. The molecular formula is C12H14N4O. The van der Waals surface area contributed by atoms with E-state index in [0.29, 0.717) is 11.7 Å². The minimum absolute atomic E-state index is 0.217. The number of benzene rings is 1. The van der Waals surface area contributed by atoms with Crippen molar-refractivity contribution in [1.82, 2.24) is 9.97 Å². The Bertz CT molecular complexity index is 564. The molecule has 0 amide bonds. The summed E-state index contributed by atoms with van der Waals surface area (Å²) in [4.78, 5) is 8.25. The van der Waals surface area contributed by atoms with Crippen molar-refractivity contribution in [3.63, 3.8) is 0 Å². The van der Waals surface area contributed by atoms with Crippen molar-refractivity contribution < 1.29 is 4.74 Å². The van der Waals surface area contributed by atoms with Crippen LogP contribution in [0.15, 0.2) is 18.2 Å². The molecule has 88 valence electrons. The van der Waals surface area contributed by atoms with E-state index in [-0.39, 0.29) is 5.95 Å². The van der Waals surface area contributed by atoms with E-state index in [1.807, 2.05) is 12.1 Å². The van der Waals surface area contributed by atoms with E-state index in [4.69, 9.17) is 16.2 Å². The molecule has 1 aliphatic rings. The number of ether oxygens (including phenoxy) is 1. The predicted octanol–water partition coefficient (Wildman–Crippen LogP) is 1.30. The summed E-state index contributed by atoms with van der Waals surface area (Å²) in [6, 6.07) is 5.95. The zero-order valence-electron chi connectivity index (χ0n) is 9.39. The van der Waals surface area contributed by atoms with E-state index in [1.54, 1.807) is 0 Å². The van der Waals surface area contributed by atoms with Gasteiger partial charge in [0.2, 0.25) is 5.95 Å². The molecule has 2 heterocycles. The van der Waals surface area contributed by atoms with Gasteiger partial charge in [0, 0.05) is 17.9 Å². The van der Waals surface area contributed by atoms with Crippen LogP contribution in [0, 0.1) is 0 Å². The van der Waals surface area contributed by atoms with Crippen LogP contribution in [0.1, 0.15) is 17.9 Å². The van der Waals surface area contributed by atoms with Crippen molar-refractivity contribution in [2.45, 2.75) is 12.3 Å².